The summed E-state index contributed by atoms with van der Waals surface area (Å²) in [7, 11) is 3.64. The van der Waals surface area contributed by atoms with Gasteiger partial charge in [0.15, 0.2) is 0 Å². The van der Waals surface area contributed by atoms with Gasteiger partial charge < -0.3 is 14.0 Å². The molecule has 1 aliphatic heterocycles. The molecule has 3 heterocycles. The largest absolute Gasteiger partial charge is 0.339 e. The minimum atomic E-state index is -0.0673. The molecule has 2 fully saturated rings. The normalized spacial score (nSPS) is 19.1. The lowest BCUT2D eigenvalue weighted by Crippen LogP contribution is -2.52. The molecule has 0 N–H and O–H groups in total. The van der Waals surface area contributed by atoms with Crippen molar-refractivity contribution in [1.82, 2.24) is 18.9 Å². The maximum Gasteiger partial charge on any atom is 0.274 e. The van der Waals surface area contributed by atoms with E-state index in [0.717, 1.165) is 42.5 Å². The lowest BCUT2D eigenvalue weighted by Gasteiger charge is -2.40. The highest BCUT2D eigenvalue weighted by Crippen LogP contribution is 2.30. The Labute approximate surface area is 176 Å². The Kier molecular flexibility index (Phi) is 4.89. The molecule has 30 heavy (non-hydrogen) atoms. The van der Waals surface area contributed by atoms with Crippen molar-refractivity contribution in [3.05, 3.63) is 46.4 Å². The number of piperazine rings is 1. The molecule has 1 saturated carbocycles. The fraction of sp³-hybridized carbons (Fsp3) is 0.500. The molecule has 1 aliphatic carbocycles. The van der Waals surface area contributed by atoms with E-state index in [1.165, 1.54) is 32.1 Å². The molecule has 5 rings (SSSR count). The topological polar surface area (TPSA) is 50.5 Å². The molecule has 1 amide bonds. The van der Waals surface area contributed by atoms with Gasteiger partial charge in [0.25, 0.3) is 11.5 Å². The van der Waals surface area contributed by atoms with Crippen LogP contribution in [0.25, 0.3) is 21.8 Å². The quantitative estimate of drug-likeness (QED) is 0.657. The molecule has 2 aromatic heterocycles. The van der Waals surface area contributed by atoms with Crippen LogP contribution in [0.2, 0.25) is 0 Å². The molecular weight excluding hydrogens is 376 g/mol. The number of hydrogen-bond acceptors (Lipinski definition) is 3. The second-order valence-corrected chi connectivity index (χ2v) is 8.88. The number of hydrogen-bond donors (Lipinski definition) is 0. The van der Waals surface area contributed by atoms with Gasteiger partial charge in [-0.15, -0.1) is 0 Å². The van der Waals surface area contributed by atoms with E-state index in [9.17, 15) is 9.59 Å². The number of amides is 1. The molecule has 1 aromatic carbocycles. The van der Waals surface area contributed by atoms with E-state index >= 15 is 0 Å². The first-order valence-electron chi connectivity index (χ1n) is 11.2. The van der Waals surface area contributed by atoms with E-state index < -0.39 is 0 Å². The van der Waals surface area contributed by atoms with Gasteiger partial charge in [-0.1, -0.05) is 37.5 Å². The zero-order valence-corrected chi connectivity index (χ0v) is 17.9. The van der Waals surface area contributed by atoms with E-state index in [4.69, 9.17) is 0 Å². The zero-order valence-electron chi connectivity index (χ0n) is 17.9. The molecule has 0 spiro atoms. The van der Waals surface area contributed by atoms with Crippen LogP contribution in [0, 0.1) is 0 Å². The van der Waals surface area contributed by atoms with Crippen molar-refractivity contribution in [3.63, 3.8) is 0 Å². The van der Waals surface area contributed by atoms with Gasteiger partial charge in [0.05, 0.1) is 5.56 Å². The number of carbonyl (C=O) groups is 1. The molecule has 0 radical (unpaired) electrons. The number of pyridine rings is 1. The van der Waals surface area contributed by atoms with Crippen LogP contribution in [0.3, 0.4) is 0 Å². The number of benzene rings is 1. The third kappa shape index (κ3) is 3.05. The number of rotatable bonds is 2. The molecular formula is C24H30N4O2. The van der Waals surface area contributed by atoms with Gasteiger partial charge in [-0.3, -0.25) is 14.5 Å². The molecule has 1 saturated heterocycles. The van der Waals surface area contributed by atoms with Crippen molar-refractivity contribution >= 4 is 27.7 Å². The molecule has 2 aliphatic rings. The van der Waals surface area contributed by atoms with Gasteiger partial charge in [-0.2, -0.15) is 0 Å². The van der Waals surface area contributed by atoms with Gasteiger partial charge in [-0.05, 0) is 18.9 Å². The number of carbonyl (C=O) groups excluding carboxylic acids is 1. The lowest BCUT2D eigenvalue weighted by atomic mass is 9.94. The van der Waals surface area contributed by atoms with Gasteiger partial charge in [-0.25, -0.2) is 0 Å². The van der Waals surface area contributed by atoms with Crippen LogP contribution in [0.1, 0.15) is 42.5 Å². The Morgan fingerprint density at radius 2 is 1.67 bits per heavy atom. The minimum absolute atomic E-state index is 0.0373. The second-order valence-electron chi connectivity index (χ2n) is 8.88. The van der Waals surface area contributed by atoms with Gasteiger partial charge >= 0.3 is 0 Å². The fourth-order valence-electron chi connectivity index (χ4n) is 5.47. The standard InChI is InChI=1S/C24H30N4O2/c1-25-16-19(21-18-10-6-7-11-20(18)26(2)22(21)24(25)30)23(29)28-14-12-27(13-15-28)17-8-4-3-5-9-17/h6-7,10-11,16-17H,3-5,8-9,12-15H2,1-2H3. The van der Waals surface area contributed by atoms with Crippen molar-refractivity contribution in [3.8, 4) is 0 Å². The highest BCUT2D eigenvalue weighted by atomic mass is 16.2. The van der Waals surface area contributed by atoms with Crippen LogP contribution in [-0.2, 0) is 14.1 Å². The molecule has 3 aromatic rings. The first-order valence-corrected chi connectivity index (χ1v) is 11.2. The number of para-hydroxylation sites is 1. The fourth-order valence-corrected chi connectivity index (χ4v) is 5.47. The lowest BCUT2D eigenvalue weighted by molar-refractivity contribution is 0.0524. The van der Waals surface area contributed by atoms with Gasteiger partial charge in [0, 0.05) is 68.8 Å². The highest BCUT2D eigenvalue weighted by Gasteiger charge is 2.29. The summed E-state index contributed by atoms with van der Waals surface area (Å²) in [5, 5.41) is 1.76. The predicted molar refractivity (Wildman–Crippen MR) is 120 cm³/mol. The Morgan fingerprint density at radius 1 is 0.967 bits per heavy atom. The van der Waals surface area contributed by atoms with Crippen LogP contribution in [0.4, 0.5) is 0 Å². The summed E-state index contributed by atoms with van der Waals surface area (Å²) in [6.45, 7) is 3.40. The summed E-state index contributed by atoms with van der Waals surface area (Å²) >= 11 is 0. The van der Waals surface area contributed by atoms with Crippen molar-refractivity contribution < 1.29 is 4.79 Å². The maximum atomic E-state index is 13.6. The molecule has 0 bridgehead atoms. The summed E-state index contributed by atoms with van der Waals surface area (Å²) in [5.74, 6) is 0.0373. The summed E-state index contributed by atoms with van der Waals surface area (Å²) < 4.78 is 3.47. The van der Waals surface area contributed by atoms with E-state index in [1.807, 2.05) is 40.8 Å². The summed E-state index contributed by atoms with van der Waals surface area (Å²) in [6, 6.07) is 8.65. The summed E-state index contributed by atoms with van der Waals surface area (Å²) in [6.07, 6.45) is 8.36. The Balaban J connectivity index is 1.49. The van der Waals surface area contributed by atoms with E-state index in [0.29, 0.717) is 17.1 Å². The van der Waals surface area contributed by atoms with E-state index in [1.54, 1.807) is 17.8 Å². The third-order valence-corrected chi connectivity index (χ3v) is 7.14. The van der Waals surface area contributed by atoms with Crippen molar-refractivity contribution in [2.45, 2.75) is 38.1 Å². The van der Waals surface area contributed by atoms with Crippen LogP contribution < -0.4 is 5.56 Å². The third-order valence-electron chi connectivity index (χ3n) is 7.14. The Bertz CT molecular complexity index is 1160. The van der Waals surface area contributed by atoms with Crippen LogP contribution in [0.5, 0.6) is 0 Å². The summed E-state index contributed by atoms with van der Waals surface area (Å²) in [5.41, 5.74) is 2.15. The van der Waals surface area contributed by atoms with Crippen molar-refractivity contribution in [1.29, 1.82) is 0 Å². The smallest absolute Gasteiger partial charge is 0.274 e. The average Bonchev–Trinajstić information content (AvgIpc) is 3.09. The van der Waals surface area contributed by atoms with E-state index in [-0.39, 0.29) is 11.5 Å². The summed E-state index contributed by atoms with van der Waals surface area (Å²) in [4.78, 5) is 31.0. The number of aryl methyl sites for hydroxylation is 2. The minimum Gasteiger partial charge on any atom is -0.339 e. The second kappa shape index (κ2) is 7.58. The zero-order chi connectivity index (χ0) is 20.8. The van der Waals surface area contributed by atoms with E-state index in [2.05, 4.69) is 4.90 Å². The Hall–Kier alpha value is -2.60. The van der Waals surface area contributed by atoms with Crippen LogP contribution >= 0.6 is 0 Å². The van der Waals surface area contributed by atoms with Crippen LogP contribution in [0.15, 0.2) is 35.3 Å². The molecule has 6 nitrogen and oxygen atoms in total. The maximum absolute atomic E-state index is 13.6. The molecule has 158 valence electrons. The first-order chi connectivity index (χ1) is 14.6. The van der Waals surface area contributed by atoms with Crippen molar-refractivity contribution in [2.24, 2.45) is 14.1 Å². The van der Waals surface area contributed by atoms with Gasteiger partial charge in [0.1, 0.15) is 5.52 Å². The molecule has 6 heteroatoms. The Morgan fingerprint density at radius 3 is 2.40 bits per heavy atom. The molecule has 0 atom stereocenters. The highest BCUT2D eigenvalue weighted by molar-refractivity contribution is 6.17. The number of aromatic nitrogens is 2. The predicted octanol–water partition coefficient (Wildman–Crippen LogP) is 3.12. The average molecular weight is 407 g/mol. The van der Waals surface area contributed by atoms with Crippen molar-refractivity contribution in [2.75, 3.05) is 26.2 Å². The van der Waals surface area contributed by atoms with Crippen LogP contribution in [-0.4, -0.2) is 57.1 Å². The SMILES string of the molecule is Cn1cc(C(=O)N2CCN(C3CCCCC3)CC2)c2c3ccccc3n(C)c2c1=O. The van der Waals surface area contributed by atoms with Gasteiger partial charge in [0.2, 0.25) is 0 Å². The number of fused-ring (bicyclic) bond motifs is 3. The first kappa shape index (κ1) is 19.4. The monoisotopic (exact) mass is 406 g/mol. The molecule has 0 unspecified atom stereocenters. The number of nitrogens with zero attached hydrogens (tertiary/aromatic N) is 4.